The number of hydrogen-bond acceptors (Lipinski definition) is 2. The van der Waals surface area contributed by atoms with Crippen molar-refractivity contribution in [3.63, 3.8) is 0 Å². The van der Waals surface area contributed by atoms with Crippen LogP contribution in [0.1, 0.15) is 40.0 Å². The number of methoxy groups -OCH3 is 1. The lowest BCUT2D eigenvalue weighted by Gasteiger charge is -2.29. The van der Waals surface area contributed by atoms with E-state index in [0.29, 0.717) is 13.0 Å². The van der Waals surface area contributed by atoms with Crippen molar-refractivity contribution >= 4 is 0 Å². The van der Waals surface area contributed by atoms with Crippen LogP contribution in [0.2, 0.25) is 0 Å². The van der Waals surface area contributed by atoms with Crippen molar-refractivity contribution in [2.45, 2.75) is 57.9 Å². The molecule has 0 amide bonds. The molecule has 5 heteroatoms. The summed E-state index contributed by atoms with van der Waals surface area (Å²) < 4.78 is 41.6. The normalized spacial score (nSPS) is 15.2. The average molecular weight is 241 g/mol. The highest BCUT2D eigenvalue weighted by Crippen LogP contribution is 2.25. The molecule has 1 N–H and O–H groups in total. The lowest BCUT2D eigenvalue weighted by atomic mass is 9.95. The molecule has 0 fully saturated rings. The van der Waals surface area contributed by atoms with Gasteiger partial charge in [-0.3, -0.25) is 0 Å². The van der Waals surface area contributed by atoms with E-state index in [-0.39, 0.29) is 12.5 Å². The molecule has 0 heterocycles. The fourth-order valence-electron chi connectivity index (χ4n) is 1.58. The van der Waals surface area contributed by atoms with Crippen LogP contribution in [-0.2, 0) is 4.74 Å². The van der Waals surface area contributed by atoms with Gasteiger partial charge in [-0.1, -0.05) is 6.92 Å². The molecule has 0 rings (SSSR count). The Morgan fingerprint density at radius 1 is 1.25 bits per heavy atom. The fraction of sp³-hybridized carbons (Fsp3) is 1.00. The van der Waals surface area contributed by atoms with Gasteiger partial charge in [0.05, 0.1) is 5.60 Å². The summed E-state index contributed by atoms with van der Waals surface area (Å²) in [4.78, 5) is 0. The SMILES string of the molecule is CCNC(CCC(F)(F)F)CC(C)(C)OC. The Bertz CT molecular complexity index is 192. The van der Waals surface area contributed by atoms with E-state index >= 15 is 0 Å². The molecule has 0 aromatic rings. The Morgan fingerprint density at radius 3 is 2.19 bits per heavy atom. The Labute approximate surface area is 95.5 Å². The second kappa shape index (κ2) is 6.45. The fourth-order valence-corrected chi connectivity index (χ4v) is 1.58. The van der Waals surface area contributed by atoms with E-state index in [0.717, 1.165) is 0 Å². The summed E-state index contributed by atoms with van der Waals surface area (Å²) in [6, 6.07) is -0.151. The summed E-state index contributed by atoms with van der Waals surface area (Å²) in [6.07, 6.45) is -4.15. The lowest BCUT2D eigenvalue weighted by molar-refractivity contribution is -0.137. The number of alkyl halides is 3. The Hall–Kier alpha value is -0.290. The van der Waals surface area contributed by atoms with Gasteiger partial charge >= 0.3 is 6.18 Å². The minimum absolute atomic E-state index is 0.101. The lowest BCUT2D eigenvalue weighted by Crippen LogP contribution is -2.38. The van der Waals surface area contributed by atoms with Crippen molar-refractivity contribution in [3.8, 4) is 0 Å². The van der Waals surface area contributed by atoms with Gasteiger partial charge in [-0.2, -0.15) is 13.2 Å². The predicted octanol–water partition coefficient (Wildman–Crippen LogP) is 3.12. The summed E-state index contributed by atoms with van der Waals surface area (Å²) >= 11 is 0. The Balaban J connectivity index is 4.17. The van der Waals surface area contributed by atoms with Crippen molar-refractivity contribution in [1.29, 1.82) is 0 Å². The monoisotopic (exact) mass is 241 g/mol. The molecule has 98 valence electrons. The third-order valence-electron chi connectivity index (χ3n) is 2.56. The number of rotatable bonds is 7. The second-order valence-electron chi connectivity index (χ2n) is 4.58. The van der Waals surface area contributed by atoms with Crippen LogP contribution in [0.3, 0.4) is 0 Å². The smallest absolute Gasteiger partial charge is 0.379 e. The van der Waals surface area contributed by atoms with Gasteiger partial charge in [0.25, 0.3) is 0 Å². The van der Waals surface area contributed by atoms with Crippen molar-refractivity contribution in [3.05, 3.63) is 0 Å². The number of halogens is 3. The first-order valence-electron chi connectivity index (χ1n) is 5.55. The van der Waals surface area contributed by atoms with Crippen molar-refractivity contribution in [2.24, 2.45) is 0 Å². The maximum Gasteiger partial charge on any atom is 0.389 e. The first-order chi connectivity index (χ1) is 7.20. The topological polar surface area (TPSA) is 21.3 Å². The van der Waals surface area contributed by atoms with Crippen LogP contribution in [-0.4, -0.2) is 31.5 Å². The molecule has 2 nitrogen and oxygen atoms in total. The van der Waals surface area contributed by atoms with Gasteiger partial charge in [0, 0.05) is 19.6 Å². The molecule has 1 unspecified atom stereocenters. The predicted molar refractivity (Wildman–Crippen MR) is 58.5 cm³/mol. The number of hydrogen-bond donors (Lipinski definition) is 1. The first kappa shape index (κ1) is 15.7. The van der Waals surface area contributed by atoms with Crippen LogP contribution >= 0.6 is 0 Å². The summed E-state index contributed by atoms with van der Waals surface area (Å²) in [5, 5.41) is 3.07. The third kappa shape index (κ3) is 7.93. The third-order valence-corrected chi connectivity index (χ3v) is 2.56. The largest absolute Gasteiger partial charge is 0.389 e. The summed E-state index contributed by atoms with van der Waals surface area (Å²) in [5.74, 6) is 0. The summed E-state index contributed by atoms with van der Waals surface area (Å²) in [7, 11) is 1.58. The molecule has 1 atom stereocenters. The first-order valence-corrected chi connectivity index (χ1v) is 5.55. The average Bonchev–Trinajstić information content (AvgIpc) is 2.13. The van der Waals surface area contributed by atoms with Gasteiger partial charge in [0.15, 0.2) is 0 Å². The molecule has 0 aromatic carbocycles. The second-order valence-corrected chi connectivity index (χ2v) is 4.58. The van der Waals surface area contributed by atoms with Gasteiger partial charge < -0.3 is 10.1 Å². The molecular formula is C11H22F3NO. The van der Waals surface area contributed by atoms with Crippen molar-refractivity contribution in [1.82, 2.24) is 5.32 Å². The highest BCUT2D eigenvalue weighted by atomic mass is 19.4. The van der Waals surface area contributed by atoms with E-state index in [1.807, 2.05) is 20.8 Å². The van der Waals surface area contributed by atoms with E-state index in [4.69, 9.17) is 4.74 Å². The zero-order valence-electron chi connectivity index (χ0n) is 10.4. The van der Waals surface area contributed by atoms with Crippen LogP contribution in [0.5, 0.6) is 0 Å². The minimum Gasteiger partial charge on any atom is -0.379 e. The Morgan fingerprint density at radius 2 is 1.81 bits per heavy atom. The van der Waals surface area contributed by atoms with E-state index < -0.39 is 18.2 Å². The molecule has 0 spiro atoms. The maximum absolute atomic E-state index is 12.1. The summed E-state index contributed by atoms with van der Waals surface area (Å²) in [6.45, 7) is 6.32. The highest BCUT2D eigenvalue weighted by molar-refractivity contribution is 4.78. The standard InChI is InChI=1S/C11H22F3NO/c1-5-15-9(6-7-11(12,13)14)8-10(2,3)16-4/h9,15H,5-8H2,1-4H3. The molecular weight excluding hydrogens is 219 g/mol. The van der Waals surface area contributed by atoms with E-state index in [9.17, 15) is 13.2 Å². The van der Waals surface area contributed by atoms with Crippen LogP contribution in [0.15, 0.2) is 0 Å². The van der Waals surface area contributed by atoms with E-state index in [1.54, 1.807) is 7.11 Å². The molecule has 0 saturated carbocycles. The number of ether oxygens (including phenoxy) is 1. The van der Waals surface area contributed by atoms with E-state index in [1.165, 1.54) is 0 Å². The van der Waals surface area contributed by atoms with Crippen LogP contribution < -0.4 is 5.32 Å². The minimum atomic E-state index is -4.08. The summed E-state index contributed by atoms with van der Waals surface area (Å²) in [5.41, 5.74) is -0.390. The van der Waals surface area contributed by atoms with Crippen LogP contribution in [0.25, 0.3) is 0 Å². The van der Waals surface area contributed by atoms with Gasteiger partial charge in [-0.15, -0.1) is 0 Å². The maximum atomic E-state index is 12.1. The molecule has 0 aliphatic heterocycles. The zero-order valence-corrected chi connectivity index (χ0v) is 10.4. The van der Waals surface area contributed by atoms with Crippen LogP contribution in [0.4, 0.5) is 13.2 Å². The molecule has 0 aliphatic rings. The zero-order chi connectivity index (χ0) is 12.8. The molecule has 0 radical (unpaired) electrons. The molecule has 0 saturated heterocycles. The molecule has 0 aliphatic carbocycles. The molecule has 0 aromatic heterocycles. The van der Waals surface area contributed by atoms with Crippen molar-refractivity contribution in [2.75, 3.05) is 13.7 Å². The van der Waals surface area contributed by atoms with Gasteiger partial charge in [0.1, 0.15) is 0 Å². The quantitative estimate of drug-likeness (QED) is 0.739. The van der Waals surface area contributed by atoms with Gasteiger partial charge in [-0.05, 0) is 33.2 Å². The van der Waals surface area contributed by atoms with Crippen molar-refractivity contribution < 1.29 is 17.9 Å². The van der Waals surface area contributed by atoms with E-state index in [2.05, 4.69) is 5.32 Å². The number of nitrogens with one attached hydrogen (secondary N) is 1. The molecule has 16 heavy (non-hydrogen) atoms. The highest BCUT2D eigenvalue weighted by Gasteiger charge is 2.30. The molecule has 0 bridgehead atoms. The van der Waals surface area contributed by atoms with Gasteiger partial charge in [0.2, 0.25) is 0 Å². The Kier molecular flexibility index (Phi) is 6.33. The van der Waals surface area contributed by atoms with Gasteiger partial charge in [-0.25, -0.2) is 0 Å². The van der Waals surface area contributed by atoms with Crippen LogP contribution in [0, 0.1) is 0 Å².